The van der Waals surface area contributed by atoms with E-state index in [1.54, 1.807) is 17.4 Å². The van der Waals surface area contributed by atoms with Crippen molar-refractivity contribution < 1.29 is 4.79 Å². The van der Waals surface area contributed by atoms with E-state index in [9.17, 15) is 4.79 Å². The van der Waals surface area contributed by atoms with Gasteiger partial charge < -0.3 is 4.90 Å². The minimum atomic E-state index is 0.0564. The summed E-state index contributed by atoms with van der Waals surface area (Å²) in [5.41, 5.74) is 1.98. The van der Waals surface area contributed by atoms with Crippen LogP contribution in [0.2, 0.25) is 0 Å². The van der Waals surface area contributed by atoms with Crippen LogP contribution in [0.4, 0.5) is 0 Å². The predicted octanol–water partition coefficient (Wildman–Crippen LogP) is 4.14. The molecule has 0 fully saturated rings. The van der Waals surface area contributed by atoms with Gasteiger partial charge in [0.05, 0.1) is 6.54 Å². The molecule has 1 aromatic carbocycles. The lowest BCUT2D eigenvalue weighted by molar-refractivity contribution is 0.0764. The van der Waals surface area contributed by atoms with Gasteiger partial charge in [-0.05, 0) is 35.6 Å². The van der Waals surface area contributed by atoms with Gasteiger partial charge in [0.1, 0.15) is 0 Å². The standard InChI is InChI=1S/C17H19NOS/c1-3-11-18(13-16-6-5-12-20-16)17(19)15-9-7-14(4-2)8-10-15/h3,5-10,12H,1,4,11,13H2,2H3. The number of thiophene rings is 1. The van der Waals surface area contributed by atoms with Gasteiger partial charge in [-0.25, -0.2) is 0 Å². The number of hydrogen-bond acceptors (Lipinski definition) is 2. The van der Waals surface area contributed by atoms with Crippen LogP contribution in [0.5, 0.6) is 0 Å². The number of benzene rings is 1. The predicted molar refractivity (Wildman–Crippen MR) is 85.1 cm³/mol. The van der Waals surface area contributed by atoms with Gasteiger partial charge in [0.2, 0.25) is 0 Å². The molecular formula is C17H19NOS. The molecule has 20 heavy (non-hydrogen) atoms. The Labute approximate surface area is 124 Å². The molecule has 0 spiro atoms. The highest BCUT2D eigenvalue weighted by molar-refractivity contribution is 7.09. The van der Waals surface area contributed by atoms with Gasteiger partial charge in [-0.2, -0.15) is 0 Å². The van der Waals surface area contributed by atoms with Crippen LogP contribution >= 0.6 is 11.3 Å². The second-order valence-electron chi connectivity index (χ2n) is 4.60. The maximum Gasteiger partial charge on any atom is 0.254 e. The smallest absolute Gasteiger partial charge is 0.254 e. The first-order valence-corrected chi connectivity index (χ1v) is 7.64. The molecule has 0 saturated carbocycles. The fourth-order valence-corrected chi connectivity index (χ4v) is 2.75. The first-order chi connectivity index (χ1) is 9.74. The molecule has 2 nitrogen and oxygen atoms in total. The highest BCUT2D eigenvalue weighted by atomic mass is 32.1. The van der Waals surface area contributed by atoms with E-state index in [1.807, 2.05) is 46.7 Å². The van der Waals surface area contributed by atoms with Gasteiger partial charge >= 0.3 is 0 Å². The van der Waals surface area contributed by atoms with Gasteiger partial charge in [-0.3, -0.25) is 4.79 Å². The number of hydrogen-bond donors (Lipinski definition) is 0. The van der Waals surface area contributed by atoms with Gasteiger partial charge in [0.15, 0.2) is 0 Å². The number of aryl methyl sites for hydroxylation is 1. The molecule has 2 rings (SSSR count). The number of carbonyl (C=O) groups excluding carboxylic acids is 1. The van der Waals surface area contributed by atoms with E-state index in [0.29, 0.717) is 13.1 Å². The van der Waals surface area contributed by atoms with E-state index in [-0.39, 0.29) is 5.91 Å². The summed E-state index contributed by atoms with van der Waals surface area (Å²) in [4.78, 5) is 15.5. The lowest BCUT2D eigenvalue weighted by atomic mass is 10.1. The SMILES string of the molecule is C=CCN(Cc1cccs1)C(=O)c1ccc(CC)cc1. The molecule has 0 unspecified atom stereocenters. The zero-order valence-electron chi connectivity index (χ0n) is 11.7. The van der Waals surface area contributed by atoms with Crippen molar-refractivity contribution in [1.29, 1.82) is 0 Å². The van der Waals surface area contributed by atoms with E-state index in [0.717, 1.165) is 12.0 Å². The summed E-state index contributed by atoms with van der Waals surface area (Å²) in [5, 5.41) is 2.03. The molecule has 0 aliphatic heterocycles. The van der Waals surface area contributed by atoms with Crippen molar-refractivity contribution in [1.82, 2.24) is 4.90 Å². The zero-order valence-corrected chi connectivity index (χ0v) is 12.5. The van der Waals surface area contributed by atoms with Crippen LogP contribution in [-0.4, -0.2) is 17.4 Å². The van der Waals surface area contributed by atoms with E-state index >= 15 is 0 Å². The molecule has 0 saturated heterocycles. The fourth-order valence-electron chi connectivity index (χ4n) is 2.03. The zero-order chi connectivity index (χ0) is 14.4. The molecule has 1 amide bonds. The number of nitrogens with zero attached hydrogens (tertiary/aromatic N) is 1. The van der Waals surface area contributed by atoms with Gasteiger partial charge in [-0.15, -0.1) is 17.9 Å². The molecule has 0 N–H and O–H groups in total. The third-order valence-electron chi connectivity index (χ3n) is 3.17. The molecule has 0 atom stereocenters. The summed E-state index contributed by atoms with van der Waals surface area (Å²) in [6.45, 7) is 7.05. The Hall–Kier alpha value is -1.87. The van der Waals surface area contributed by atoms with Crippen molar-refractivity contribution in [3.05, 3.63) is 70.4 Å². The van der Waals surface area contributed by atoms with E-state index in [4.69, 9.17) is 0 Å². The van der Waals surface area contributed by atoms with Crippen molar-refractivity contribution in [3.8, 4) is 0 Å². The van der Waals surface area contributed by atoms with Crippen LogP contribution in [0.1, 0.15) is 27.7 Å². The number of rotatable bonds is 6. The van der Waals surface area contributed by atoms with Gasteiger partial charge in [0.25, 0.3) is 5.91 Å². The quantitative estimate of drug-likeness (QED) is 0.730. The average Bonchev–Trinajstić information content (AvgIpc) is 2.99. The number of amides is 1. The monoisotopic (exact) mass is 285 g/mol. The lowest BCUT2D eigenvalue weighted by Crippen LogP contribution is -2.30. The highest BCUT2D eigenvalue weighted by Crippen LogP contribution is 2.15. The third-order valence-corrected chi connectivity index (χ3v) is 4.03. The minimum absolute atomic E-state index is 0.0564. The second-order valence-corrected chi connectivity index (χ2v) is 5.64. The van der Waals surface area contributed by atoms with Crippen LogP contribution in [-0.2, 0) is 13.0 Å². The van der Waals surface area contributed by atoms with Crippen molar-refractivity contribution in [2.45, 2.75) is 19.9 Å². The summed E-state index contributed by atoms with van der Waals surface area (Å²) >= 11 is 1.67. The van der Waals surface area contributed by atoms with E-state index in [1.165, 1.54) is 10.4 Å². The fraction of sp³-hybridized carbons (Fsp3) is 0.235. The summed E-state index contributed by atoms with van der Waals surface area (Å²) in [7, 11) is 0. The van der Waals surface area contributed by atoms with Crippen LogP contribution in [0.25, 0.3) is 0 Å². The highest BCUT2D eigenvalue weighted by Gasteiger charge is 2.15. The molecule has 0 aliphatic carbocycles. The third kappa shape index (κ3) is 3.58. The minimum Gasteiger partial charge on any atom is -0.330 e. The molecule has 2 aromatic rings. The van der Waals surface area contributed by atoms with Crippen LogP contribution in [0, 0.1) is 0 Å². The molecule has 104 valence electrons. The maximum absolute atomic E-state index is 12.5. The Balaban J connectivity index is 2.14. The van der Waals surface area contributed by atoms with E-state index in [2.05, 4.69) is 13.5 Å². The van der Waals surface area contributed by atoms with Crippen LogP contribution in [0.15, 0.2) is 54.4 Å². The maximum atomic E-state index is 12.5. The molecule has 1 aromatic heterocycles. The largest absolute Gasteiger partial charge is 0.330 e. The molecular weight excluding hydrogens is 266 g/mol. The summed E-state index contributed by atoms with van der Waals surface area (Å²) in [5.74, 6) is 0.0564. The first-order valence-electron chi connectivity index (χ1n) is 6.76. The Morgan fingerprint density at radius 1 is 1.30 bits per heavy atom. The Bertz CT molecular complexity index is 557. The summed E-state index contributed by atoms with van der Waals surface area (Å²) in [6.07, 6.45) is 2.76. The van der Waals surface area contributed by atoms with Crippen molar-refractivity contribution >= 4 is 17.2 Å². The van der Waals surface area contributed by atoms with Crippen molar-refractivity contribution in [2.75, 3.05) is 6.54 Å². The number of carbonyl (C=O) groups is 1. The molecule has 0 bridgehead atoms. The lowest BCUT2D eigenvalue weighted by Gasteiger charge is -2.20. The van der Waals surface area contributed by atoms with Crippen LogP contribution in [0.3, 0.4) is 0 Å². The molecule has 0 radical (unpaired) electrons. The van der Waals surface area contributed by atoms with Crippen LogP contribution < -0.4 is 0 Å². The van der Waals surface area contributed by atoms with Crippen molar-refractivity contribution in [3.63, 3.8) is 0 Å². The van der Waals surface area contributed by atoms with Crippen molar-refractivity contribution in [2.24, 2.45) is 0 Å². The topological polar surface area (TPSA) is 20.3 Å². The molecule has 3 heteroatoms. The Morgan fingerprint density at radius 3 is 2.60 bits per heavy atom. The van der Waals surface area contributed by atoms with Gasteiger partial charge in [-0.1, -0.05) is 31.2 Å². The Morgan fingerprint density at radius 2 is 2.05 bits per heavy atom. The average molecular weight is 285 g/mol. The van der Waals surface area contributed by atoms with Gasteiger partial charge in [0, 0.05) is 17.0 Å². The summed E-state index contributed by atoms with van der Waals surface area (Å²) < 4.78 is 0. The van der Waals surface area contributed by atoms with E-state index < -0.39 is 0 Å². The molecule has 1 heterocycles. The normalized spacial score (nSPS) is 10.2. The molecule has 0 aliphatic rings. The summed E-state index contributed by atoms with van der Waals surface area (Å²) in [6, 6.07) is 11.9. The Kier molecular flexibility index (Phi) is 5.13. The first kappa shape index (κ1) is 14.5. The second kappa shape index (κ2) is 7.06.